The van der Waals surface area contributed by atoms with Crippen molar-refractivity contribution in [2.24, 2.45) is 5.92 Å². The maximum absolute atomic E-state index is 11.8. The van der Waals surface area contributed by atoms with Crippen LogP contribution in [0.25, 0.3) is 0 Å². The van der Waals surface area contributed by atoms with Gasteiger partial charge in [0.1, 0.15) is 14.4 Å². The average molecular weight is 338 g/mol. The first-order chi connectivity index (χ1) is 10.2. The van der Waals surface area contributed by atoms with Gasteiger partial charge < -0.3 is 4.79 Å². The molecular weight excluding hydrogens is 314 g/mol. The zero-order chi connectivity index (χ0) is 16.4. The van der Waals surface area contributed by atoms with Crippen molar-refractivity contribution >= 4 is 29.6 Å². The molecule has 1 unspecified atom stereocenters. The van der Waals surface area contributed by atoms with Crippen LogP contribution in [0.4, 0.5) is 0 Å². The van der Waals surface area contributed by atoms with Crippen LogP contribution in [0.1, 0.15) is 6.42 Å². The Bertz CT molecular complexity index is 668. The summed E-state index contributed by atoms with van der Waals surface area (Å²) in [6.07, 6.45) is 2.51. The summed E-state index contributed by atoms with van der Waals surface area (Å²) in [5.74, 6) is 0.0164. The molecule has 1 heterocycles. The largest absolute Gasteiger partial charge is 0.303 e. The van der Waals surface area contributed by atoms with Crippen molar-refractivity contribution in [3.8, 4) is 0 Å². The van der Waals surface area contributed by atoms with Crippen molar-refractivity contribution in [2.75, 3.05) is 19.3 Å². The van der Waals surface area contributed by atoms with E-state index < -0.39 is 18.1 Å². The van der Waals surface area contributed by atoms with E-state index in [9.17, 15) is 13.2 Å². The highest BCUT2D eigenvalue weighted by molar-refractivity contribution is 7.88. The van der Waals surface area contributed by atoms with Crippen molar-refractivity contribution in [1.29, 1.82) is 0 Å². The molecule has 0 radical (unpaired) electrons. The normalized spacial score (nSPS) is 22.1. The molecule has 1 aromatic carbocycles. The number of hydrogen-bond acceptors (Lipinski definition) is 3. The summed E-state index contributed by atoms with van der Waals surface area (Å²) in [4.78, 5) is 10.9. The Labute approximate surface area is 133 Å². The molecule has 22 heavy (non-hydrogen) atoms. The third kappa shape index (κ3) is 3.94. The maximum Gasteiger partial charge on any atom is 0.211 e. The van der Waals surface area contributed by atoms with Crippen molar-refractivity contribution in [2.45, 2.75) is 19.5 Å². The second kappa shape index (κ2) is 6.48. The first-order valence-corrected chi connectivity index (χ1v) is 12.3. The molecule has 0 aromatic heterocycles. The van der Waals surface area contributed by atoms with Gasteiger partial charge in [0, 0.05) is 25.4 Å². The number of rotatable bonds is 5. The summed E-state index contributed by atoms with van der Waals surface area (Å²) in [5.41, 5.74) is 3.36. The molecule has 1 aliphatic rings. The van der Waals surface area contributed by atoms with Crippen LogP contribution in [-0.2, 0) is 14.8 Å². The number of aldehydes is 1. The van der Waals surface area contributed by atoms with Gasteiger partial charge in [-0.25, -0.2) is 8.42 Å². The molecule has 6 heteroatoms. The number of hydrogen-bond donors (Lipinski definition) is 0. The fraction of sp³-hybridized carbons (Fsp3) is 0.438. The van der Waals surface area contributed by atoms with Crippen molar-refractivity contribution < 1.29 is 13.2 Å². The third-order valence-electron chi connectivity index (χ3n) is 4.22. The highest BCUT2D eigenvalue weighted by atomic mass is 32.2. The molecule has 0 bridgehead atoms. The van der Waals surface area contributed by atoms with Gasteiger partial charge in [0.2, 0.25) is 10.0 Å². The van der Waals surface area contributed by atoms with E-state index in [0.29, 0.717) is 19.5 Å². The highest BCUT2D eigenvalue weighted by Gasteiger charge is 2.34. The topological polar surface area (TPSA) is 54.5 Å². The summed E-state index contributed by atoms with van der Waals surface area (Å²) in [6.45, 7) is 5.33. The van der Waals surface area contributed by atoms with Gasteiger partial charge in [-0.05, 0) is 0 Å². The predicted molar refractivity (Wildman–Crippen MR) is 92.2 cm³/mol. The van der Waals surface area contributed by atoms with Crippen LogP contribution < -0.4 is 5.19 Å². The van der Waals surface area contributed by atoms with E-state index in [0.717, 1.165) is 11.9 Å². The van der Waals surface area contributed by atoms with Crippen LogP contribution in [0.5, 0.6) is 0 Å². The molecule has 0 N–H and O–H groups in total. The van der Waals surface area contributed by atoms with Gasteiger partial charge in [-0.2, -0.15) is 4.31 Å². The van der Waals surface area contributed by atoms with Crippen LogP contribution in [0, 0.1) is 5.92 Å². The van der Waals surface area contributed by atoms with E-state index in [1.807, 2.05) is 18.2 Å². The van der Waals surface area contributed by atoms with Gasteiger partial charge >= 0.3 is 0 Å². The molecule has 1 aromatic rings. The number of benzene rings is 1. The smallest absolute Gasteiger partial charge is 0.211 e. The molecule has 1 aliphatic heterocycles. The lowest BCUT2D eigenvalue weighted by Gasteiger charge is -2.21. The van der Waals surface area contributed by atoms with Crippen molar-refractivity contribution in [3.63, 3.8) is 0 Å². The van der Waals surface area contributed by atoms with E-state index in [2.05, 4.69) is 30.9 Å². The molecule has 1 atom stereocenters. The van der Waals surface area contributed by atoms with Crippen LogP contribution in [0.2, 0.25) is 13.1 Å². The predicted octanol–water partition coefficient (Wildman–Crippen LogP) is 1.55. The number of carbonyl (C=O) groups excluding carboxylic acids is 1. The number of carbonyl (C=O) groups is 1. The number of nitrogens with zero attached hydrogens (tertiary/aromatic N) is 1. The summed E-state index contributed by atoms with van der Waals surface area (Å²) in [5, 5.41) is 1.31. The van der Waals surface area contributed by atoms with Crippen LogP contribution in [-0.4, -0.2) is 46.4 Å². The molecule has 1 saturated heterocycles. The fourth-order valence-corrected chi connectivity index (χ4v) is 6.24. The lowest BCUT2D eigenvalue weighted by molar-refractivity contribution is -0.108. The van der Waals surface area contributed by atoms with Crippen molar-refractivity contribution in [1.82, 2.24) is 4.31 Å². The van der Waals surface area contributed by atoms with Gasteiger partial charge in [0.05, 0.1) is 6.26 Å². The van der Waals surface area contributed by atoms with E-state index in [1.54, 1.807) is 0 Å². The van der Waals surface area contributed by atoms with Crippen LogP contribution in [0.15, 0.2) is 41.6 Å². The zero-order valence-electron chi connectivity index (χ0n) is 13.3. The molecule has 0 saturated carbocycles. The number of sulfonamides is 1. The van der Waals surface area contributed by atoms with Gasteiger partial charge in [-0.15, -0.1) is 0 Å². The molecule has 2 rings (SSSR count). The Balaban J connectivity index is 2.33. The Kier molecular flexibility index (Phi) is 5.04. The van der Waals surface area contributed by atoms with E-state index in [4.69, 9.17) is 0 Å². The lowest BCUT2D eigenvalue weighted by atomic mass is 10.0. The first kappa shape index (κ1) is 17.1. The second-order valence-electron chi connectivity index (χ2n) is 6.46. The van der Waals surface area contributed by atoms with Gasteiger partial charge in [0.15, 0.2) is 0 Å². The molecule has 0 amide bonds. The Morgan fingerprint density at radius 1 is 1.27 bits per heavy atom. The Hall–Kier alpha value is -1.24. The summed E-state index contributed by atoms with van der Waals surface area (Å²) in [6, 6.07) is 10.3. The first-order valence-electron chi connectivity index (χ1n) is 7.40. The molecular formula is C16H23NO3SSi. The fourth-order valence-electron chi connectivity index (χ4n) is 2.93. The van der Waals surface area contributed by atoms with Crippen LogP contribution in [0.3, 0.4) is 0 Å². The quantitative estimate of drug-likeness (QED) is 0.605. The SMILES string of the molecule is C[Si](C)(/C=C1/CN(S(C)(=O)=O)CC1CC=O)c1ccccc1. The van der Waals surface area contributed by atoms with Gasteiger partial charge in [-0.3, -0.25) is 0 Å². The van der Waals surface area contributed by atoms with Crippen LogP contribution >= 0.6 is 0 Å². The molecule has 0 spiro atoms. The van der Waals surface area contributed by atoms with Crippen molar-refractivity contribution in [3.05, 3.63) is 41.6 Å². The molecule has 4 nitrogen and oxygen atoms in total. The van der Waals surface area contributed by atoms with Gasteiger partial charge in [0.25, 0.3) is 0 Å². The summed E-state index contributed by atoms with van der Waals surface area (Å²) >= 11 is 0. The monoisotopic (exact) mass is 337 g/mol. The van der Waals surface area contributed by atoms with Gasteiger partial charge in [-0.1, -0.05) is 59.9 Å². The minimum Gasteiger partial charge on any atom is -0.303 e. The summed E-state index contributed by atoms with van der Waals surface area (Å²) in [7, 11) is -5.02. The second-order valence-corrected chi connectivity index (χ2v) is 12.8. The third-order valence-corrected chi connectivity index (χ3v) is 8.35. The standard InChI is InChI=1S/C16H23NO3SSi/c1-21(19,20)17-11-14(9-10-18)15(12-17)13-22(2,3)16-7-5-4-6-8-16/h4-8,10,13-14H,9,11-12H2,1-3H3/b15-13-. The zero-order valence-corrected chi connectivity index (χ0v) is 15.1. The van der Waals surface area contributed by atoms with E-state index >= 15 is 0 Å². The molecule has 0 aliphatic carbocycles. The molecule has 120 valence electrons. The van der Waals surface area contributed by atoms with E-state index in [1.165, 1.54) is 15.7 Å². The average Bonchev–Trinajstić information content (AvgIpc) is 2.83. The van der Waals surface area contributed by atoms with E-state index in [-0.39, 0.29) is 5.92 Å². The minimum atomic E-state index is -3.21. The Morgan fingerprint density at radius 3 is 2.45 bits per heavy atom. The molecule has 1 fully saturated rings. The maximum atomic E-state index is 11.8. The highest BCUT2D eigenvalue weighted by Crippen LogP contribution is 2.28. The Morgan fingerprint density at radius 2 is 1.91 bits per heavy atom. The lowest BCUT2D eigenvalue weighted by Crippen LogP contribution is -2.40. The summed E-state index contributed by atoms with van der Waals surface area (Å²) < 4.78 is 25.0. The minimum absolute atomic E-state index is 0.0164.